The zero-order chi connectivity index (χ0) is 16.3. The van der Waals surface area contributed by atoms with Crippen molar-refractivity contribution in [2.24, 2.45) is 0 Å². The van der Waals surface area contributed by atoms with E-state index in [1.807, 2.05) is 19.1 Å². The number of aromatic carboxylic acids is 1. The minimum atomic E-state index is -1.12. The fourth-order valence-electron chi connectivity index (χ4n) is 3.37. The van der Waals surface area contributed by atoms with Crippen molar-refractivity contribution < 1.29 is 15.0 Å². The predicted octanol–water partition coefficient (Wildman–Crippen LogP) is 4.30. The second-order valence-corrected chi connectivity index (χ2v) is 6.36. The number of nitrogens with one attached hydrogen (secondary N) is 1. The van der Waals surface area contributed by atoms with Gasteiger partial charge in [0.05, 0.1) is 5.69 Å². The van der Waals surface area contributed by atoms with Crippen molar-refractivity contribution in [1.29, 1.82) is 0 Å². The van der Waals surface area contributed by atoms with Crippen LogP contribution in [0.2, 0.25) is 5.02 Å². The number of fused-ring (bicyclic) bond motifs is 5. The average Bonchev–Trinajstić information content (AvgIpc) is 2.85. The molecule has 4 rings (SSSR count). The number of hydrogen-bond donors (Lipinski definition) is 3. The molecule has 1 aromatic heterocycles. The van der Waals surface area contributed by atoms with Crippen molar-refractivity contribution in [2.45, 2.75) is 19.8 Å². The molecule has 1 heterocycles. The van der Waals surface area contributed by atoms with Crippen molar-refractivity contribution in [2.75, 3.05) is 0 Å². The van der Waals surface area contributed by atoms with E-state index in [1.165, 1.54) is 0 Å². The molecule has 0 amide bonds. The summed E-state index contributed by atoms with van der Waals surface area (Å²) in [6.07, 6.45) is 1.55. The van der Waals surface area contributed by atoms with Gasteiger partial charge in [-0.05, 0) is 60.7 Å². The van der Waals surface area contributed by atoms with Crippen LogP contribution in [-0.2, 0) is 12.8 Å². The lowest BCUT2D eigenvalue weighted by Gasteiger charge is -2.18. The van der Waals surface area contributed by atoms with Crippen LogP contribution >= 0.6 is 11.6 Å². The lowest BCUT2D eigenvalue weighted by Crippen LogP contribution is -2.06. The van der Waals surface area contributed by atoms with Crippen LogP contribution in [-0.4, -0.2) is 21.2 Å². The second-order valence-electron chi connectivity index (χ2n) is 5.96. The monoisotopic (exact) mass is 327 g/mol. The Kier molecular flexibility index (Phi) is 2.93. The van der Waals surface area contributed by atoms with Gasteiger partial charge >= 0.3 is 5.97 Å². The number of hydrogen-bond acceptors (Lipinski definition) is 2. The quantitative estimate of drug-likeness (QED) is 0.624. The lowest BCUT2D eigenvalue weighted by molar-refractivity contribution is 0.0693. The summed E-state index contributed by atoms with van der Waals surface area (Å²) in [5.74, 6) is -1.33. The Morgan fingerprint density at radius 2 is 2.00 bits per heavy atom. The summed E-state index contributed by atoms with van der Waals surface area (Å²) in [5.41, 5.74) is 5.85. The standard InChI is InChI=1S/C18H14ClNO3/c1-8-4-15-12(6-14(8)19)10-3-2-9-5-13(18(22)23)16(21)7-11(9)17(10)20-15/h4-7,20-21H,2-3H2,1H3,(H,22,23). The minimum absolute atomic E-state index is 0.0535. The molecule has 0 fully saturated rings. The molecule has 3 N–H and O–H groups in total. The molecule has 4 nitrogen and oxygen atoms in total. The maximum Gasteiger partial charge on any atom is 0.339 e. The molecule has 0 spiro atoms. The van der Waals surface area contributed by atoms with Gasteiger partial charge in [0.15, 0.2) is 0 Å². The molecule has 2 aromatic carbocycles. The molecule has 0 saturated carbocycles. The van der Waals surface area contributed by atoms with E-state index < -0.39 is 5.97 Å². The maximum atomic E-state index is 11.2. The Morgan fingerprint density at radius 3 is 2.74 bits per heavy atom. The van der Waals surface area contributed by atoms with Crippen molar-refractivity contribution in [1.82, 2.24) is 4.98 Å². The summed E-state index contributed by atoms with van der Waals surface area (Å²) < 4.78 is 0. The average molecular weight is 328 g/mol. The van der Waals surface area contributed by atoms with Crippen molar-refractivity contribution in [3.05, 3.63) is 51.5 Å². The number of benzene rings is 2. The van der Waals surface area contributed by atoms with E-state index in [0.717, 1.165) is 56.7 Å². The van der Waals surface area contributed by atoms with Gasteiger partial charge in [-0.2, -0.15) is 0 Å². The lowest BCUT2D eigenvalue weighted by atomic mass is 9.87. The van der Waals surface area contributed by atoms with Gasteiger partial charge in [0, 0.05) is 21.5 Å². The van der Waals surface area contributed by atoms with Gasteiger partial charge in [-0.3, -0.25) is 0 Å². The van der Waals surface area contributed by atoms with Crippen LogP contribution in [0.25, 0.3) is 22.2 Å². The SMILES string of the molecule is Cc1cc2[nH]c3c(c2cc1Cl)CCc1cc(C(=O)O)c(O)cc1-3. The Hall–Kier alpha value is -2.46. The highest BCUT2D eigenvalue weighted by Crippen LogP contribution is 2.41. The molecule has 0 radical (unpaired) electrons. The van der Waals surface area contributed by atoms with Gasteiger partial charge in [0.25, 0.3) is 0 Å². The number of aromatic amines is 1. The molecular weight excluding hydrogens is 314 g/mol. The molecule has 0 atom stereocenters. The normalized spacial score (nSPS) is 13.0. The number of aryl methyl sites for hydroxylation is 3. The molecular formula is C18H14ClNO3. The van der Waals surface area contributed by atoms with Crippen LogP contribution in [0.1, 0.15) is 27.0 Å². The summed E-state index contributed by atoms with van der Waals surface area (Å²) >= 11 is 6.25. The van der Waals surface area contributed by atoms with E-state index in [0.29, 0.717) is 0 Å². The van der Waals surface area contributed by atoms with E-state index in [4.69, 9.17) is 16.7 Å². The van der Waals surface area contributed by atoms with Gasteiger partial charge in [0.1, 0.15) is 11.3 Å². The first-order valence-electron chi connectivity index (χ1n) is 7.36. The van der Waals surface area contributed by atoms with Crippen LogP contribution < -0.4 is 0 Å². The zero-order valence-electron chi connectivity index (χ0n) is 12.4. The molecule has 0 aliphatic heterocycles. The second kappa shape index (κ2) is 4.77. The van der Waals surface area contributed by atoms with E-state index in [2.05, 4.69) is 4.98 Å². The third-order valence-electron chi connectivity index (χ3n) is 4.55. The van der Waals surface area contributed by atoms with E-state index in [9.17, 15) is 9.90 Å². The van der Waals surface area contributed by atoms with E-state index in [-0.39, 0.29) is 11.3 Å². The number of carboxylic acids is 1. The first-order valence-corrected chi connectivity index (χ1v) is 7.73. The van der Waals surface area contributed by atoms with Crippen molar-refractivity contribution in [3.8, 4) is 17.0 Å². The van der Waals surface area contributed by atoms with Crippen LogP contribution in [0.4, 0.5) is 0 Å². The van der Waals surface area contributed by atoms with Gasteiger partial charge in [-0.1, -0.05) is 11.6 Å². The Morgan fingerprint density at radius 1 is 1.22 bits per heavy atom. The first-order chi connectivity index (χ1) is 11.0. The smallest absolute Gasteiger partial charge is 0.339 e. The Bertz CT molecular complexity index is 988. The Labute approximate surface area is 137 Å². The molecule has 116 valence electrons. The molecule has 5 heteroatoms. The van der Waals surface area contributed by atoms with Gasteiger partial charge < -0.3 is 15.2 Å². The highest BCUT2D eigenvalue weighted by atomic mass is 35.5. The number of phenols is 1. The number of halogens is 1. The van der Waals surface area contributed by atoms with E-state index >= 15 is 0 Å². The van der Waals surface area contributed by atoms with Gasteiger partial charge in [-0.15, -0.1) is 0 Å². The number of rotatable bonds is 1. The highest BCUT2D eigenvalue weighted by Gasteiger charge is 2.24. The minimum Gasteiger partial charge on any atom is -0.507 e. The largest absolute Gasteiger partial charge is 0.507 e. The van der Waals surface area contributed by atoms with Crippen molar-refractivity contribution in [3.63, 3.8) is 0 Å². The van der Waals surface area contributed by atoms with Crippen molar-refractivity contribution >= 4 is 28.5 Å². The number of aromatic hydroxyl groups is 1. The summed E-state index contributed by atoms with van der Waals surface area (Å²) in [6.45, 7) is 1.96. The molecule has 23 heavy (non-hydrogen) atoms. The third-order valence-corrected chi connectivity index (χ3v) is 4.96. The van der Waals surface area contributed by atoms with Gasteiger partial charge in [0.2, 0.25) is 0 Å². The topological polar surface area (TPSA) is 73.3 Å². The summed E-state index contributed by atoms with van der Waals surface area (Å²) in [6, 6.07) is 7.10. The number of carboxylic acid groups (broad SMARTS) is 1. The summed E-state index contributed by atoms with van der Waals surface area (Å²) in [7, 11) is 0. The molecule has 0 unspecified atom stereocenters. The predicted molar refractivity (Wildman–Crippen MR) is 89.5 cm³/mol. The maximum absolute atomic E-state index is 11.2. The summed E-state index contributed by atoms with van der Waals surface area (Å²) in [4.78, 5) is 14.6. The number of H-pyrrole nitrogens is 1. The molecule has 0 saturated heterocycles. The fourth-order valence-corrected chi connectivity index (χ4v) is 3.54. The van der Waals surface area contributed by atoms with Gasteiger partial charge in [-0.25, -0.2) is 4.79 Å². The number of carbonyl (C=O) groups is 1. The molecule has 0 bridgehead atoms. The Balaban J connectivity index is 2.00. The first kappa shape index (κ1) is 14.2. The molecule has 1 aliphatic rings. The fraction of sp³-hybridized carbons (Fsp3) is 0.167. The molecule has 3 aromatic rings. The van der Waals surface area contributed by atoms with Crippen LogP contribution in [0.5, 0.6) is 5.75 Å². The number of aromatic nitrogens is 1. The van der Waals surface area contributed by atoms with Crippen LogP contribution in [0, 0.1) is 6.92 Å². The summed E-state index contributed by atoms with van der Waals surface area (Å²) in [5, 5.41) is 21.0. The van der Waals surface area contributed by atoms with E-state index in [1.54, 1.807) is 12.1 Å². The third kappa shape index (κ3) is 2.02. The molecule has 1 aliphatic carbocycles. The van der Waals surface area contributed by atoms with Crippen LogP contribution in [0.15, 0.2) is 24.3 Å². The zero-order valence-corrected chi connectivity index (χ0v) is 13.2. The highest BCUT2D eigenvalue weighted by molar-refractivity contribution is 6.32. The van der Waals surface area contributed by atoms with Crippen LogP contribution in [0.3, 0.4) is 0 Å².